The van der Waals surface area contributed by atoms with Crippen LogP contribution in [0.25, 0.3) is 0 Å². The van der Waals surface area contributed by atoms with E-state index in [0.717, 1.165) is 0 Å². The first-order valence-corrected chi connectivity index (χ1v) is 31.5. The number of carbonyl (C=O) groups is 6. The van der Waals surface area contributed by atoms with E-state index in [0.29, 0.717) is 47.4 Å². The summed E-state index contributed by atoms with van der Waals surface area (Å²) in [6.07, 6.45) is -7.99. The summed E-state index contributed by atoms with van der Waals surface area (Å²) in [6.45, 7) is 19.1. The molecule has 15 nitrogen and oxygen atoms in total. The number of Topliss-reactive ketones (excluding diaryl/α,β-unsaturated/α-hetero) is 1. The standard InChI is InChI=1S/C57H81NO14Si2/c1-15-35(8)51(62)58-45(39-28-24-22-25-29-39)47(72-74(19-5,20-6)21-7)53(64)68-41-33-57(65)50(69-52(63)40-30-26-23-27-31-40)48-55(14,49(61)46(67-37(10)59)44(36(41)9)54(57,12)13)42(71-73(16-2,17-3)18-4)32-43-56(48,34-66-43)70-38(11)60/h15,22-31,41-43,45-48,50,65H,16-21,32-34H2,1-14H3,(H,58,62)/b35-15+/t41-,42-,43+,45-,46+,47+,48-,50-,55+,56-,57+/m0/s1/i10D3. The van der Waals surface area contributed by atoms with Crippen molar-refractivity contribution in [3.05, 3.63) is 94.6 Å². The molecule has 0 radical (unpaired) electrons. The lowest BCUT2D eigenvalue weighted by Gasteiger charge is -2.68. The Morgan fingerprint density at radius 1 is 0.851 bits per heavy atom. The van der Waals surface area contributed by atoms with Crippen molar-refractivity contribution >= 4 is 52.2 Å². The van der Waals surface area contributed by atoms with Crippen LogP contribution in [0.15, 0.2) is 83.5 Å². The third-order valence-corrected chi connectivity index (χ3v) is 27.0. The molecule has 406 valence electrons. The van der Waals surface area contributed by atoms with E-state index in [1.54, 1.807) is 96.1 Å². The zero-order valence-corrected chi connectivity index (χ0v) is 47.6. The molecule has 0 spiro atoms. The number of esters is 4. The normalized spacial score (nSPS) is 30.2. The topological polar surface area (TPSA) is 199 Å². The molecule has 0 aromatic heterocycles. The lowest BCUT2D eigenvalue weighted by Crippen LogP contribution is -2.82. The summed E-state index contributed by atoms with van der Waals surface area (Å²) in [5.74, 6) is -7.26. The second-order valence-electron chi connectivity index (χ2n) is 21.4. The van der Waals surface area contributed by atoms with Gasteiger partial charge in [-0.1, -0.05) is 110 Å². The monoisotopic (exact) mass is 1060 g/mol. The molecule has 2 aromatic carbocycles. The third kappa shape index (κ3) is 10.4. The van der Waals surface area contributed by atoms with Crippen molar-refractivity contribution in [1.29, 1.82) is 0 Å². The molecule has 1 amide bonds. The van der Waals surface area contributed by atoms with Gasteiger partial charge in [-0.15, -0.1) is 0 Å². The fourth-order valence-electron chi connectivity index (χ4n) is 12.5. The molecule has 17 heteroatoms. The van der Waals surface area contributed by atoms with E-state index in [9.17, 15) is 24.3 Å². The number of amides is 1. The Kier molecular flexibility index (Phi) is 16.7. The number of fused-ring (bicyclic) bond motifs is 5. The molecule has 2 aromatic rings. The van der Waals surface area contributed by atoms with Crippen LogP contribution < -0.4 is 5.32 Å². The quantitative estimate of drug-likeness (QED) is 0.0418. The van der Waals surface area contributed by atoms with Crippen LogP contribution in [0.4, 0.5) is 0 Å². The Bertz CT molecular complexity index is 2570. The van der Waals surface area contributed by atoms with Crippen LogP contribution >= 0.6 is 0 Å². The lowest BCUT2D eigenvalue weighted by molar-refractivity contribution is -0.344. The number of aliphatic hydroxyl groups is 1. The highest BCUT2D eigenvalue weighted by Gasteiger charge is 2.79. The second-order valence-corrected chi connectivity index (χ2v) is 30.9. The van der Waals surface area contributed by atoms with E-state index in [1.807, 2.05) is 41.5 Å². The second kappa shape index (κ2) is 22.8. The van der Waals surface area contributed by atoms with E-state index in [2.05, 4.69) is 5.32 Å². The SMILES string of the molecule is [2H]C([2H])([2H])C(=O)O[C@H]1C(=O)[C@]2(C)[C@@H](O[Si](CC)(CC)CC)C[C@H]3OC[C@@]3(OC(C)=O)[C@H]2[C@H](OC(=O)c2ccccc2)[C@]2(O)C[C@H](OC(=O)[C@H](O[Si](CC)(CC)CC)[C@@H](NC(=O)/C(C)=C/C)c3ccccc3)C(C)=C1C2(C)C. The molecule has 1 heterocycles. The number of hydrogen-bond donors (Lipinski definition) is 2. The molecular formula is C57H81NO14Si2. The van der Waals surface area contributed by atoms with Crippen molar-refractivity contribution in [2.75, 3.05) is 6.61 Å². The first-order chi connectivity index (χ1) is 36.1. The zero-order valence-electron chi connectivity index (χ0n) is 48.6. The van der Waals surface area contributed by atoms with Crippen molar-refractivity contribution < 1.29 is 70.5 Å². The Hall–Kier alpha value is -4.79. The summed E-state index contributed by atoms with van der Waals surface area (Å²) in [5, 5.41) is 17.5. The Labute approximate surface area is 444 Å². The maximum absolute atomic E-state index is 16.7. The Morgan fingerprint density at radius 3 is 1.95 bits per heavy atom. The van der Waals surface area contributed by atoms with E-state index >= 15 is 9.59 Å². The van der Waals surface area contributed by atoms with Gasteiger partial charge in [0.2, 0.25) is 5.91 Å². The van der Waals surface area contributed by atoms with E-state index in [1.165, 1.54) is 19.1 Å². The Balaban J connectivity index is 1.70. The fourth-order valence-corrected chi connectivity index (χ4v) is 18.2. The van der Waals surface area contributed by atoms with Gasteiger partial charge in [0.15, 0.2) is 40.2 Å². The predicted octanol–water partition coefficient (Wildman–Crippen LogP) is 9.45. The van der Waals surface area contributed by atoms with Crippen LogP contribution in [0.3, 0.4) is 0 Å². The van der Waals surface area contributed by atoms with Crippen molar-refractivity contribution in [2.45, 2.75) is 200 Å². The summed E-state index contributed by atoms with van der Waals surface area (Å²) < 4.78 is 71.3. The maximum atomic E-state index is 16.7. The van der Waals surface area contributed by atoms with Gasteiger partial charge in [0, 0.05) is 41.7 Å². The molecule has 11 atom stereocenters. The molecular weight excluding hydrogens is 979 g/mol. The van der Waals surface area contributed by atoms with Crippen LogP contribution in [0.1, 0.15) is 136 Å². The molecule has 1 aliphatic heterocycles. The number of nitrogens with one attached hydrogen (secondary N) is 1. The van der Waals surface area contributed by atoms with Gasteiger partial charge < -0.3 is 43.0 Å². The number of rotatable bonds is 20. The molecule has 6 rings (SSSR count). The van der Waals surface area contributed by atoms with Crippen molar-refractivity contribution in [1.82, 2.24) is 5.32 Å². The van der Waals surface area contributed by atoms with Crippen molar-refractivity contribution in [2.24, 2.45) is 16.7 Å². The summed E-state index contributed by atoms with van der Waals surface area (Å²) in [7, 11) is -5.56. The minimum atomic E-state index is -3.39. The van der Waals surface area contributed by atoms with Gasteiger partial charge in [0.05, 0.1) is 35.6 Å². The zero-order chi connectivity index (χ0) is 57.3. The summed E-state index contributed by atoms with van der Waals surface area (Å²) in [5.41, 5.74) is -7.10. The van der Waals surface area contributed by atoms with Crippen LogP contribution in [0.5, 0.6) is 0 Å². The van der Waals surface area contributed by atoms with Gasteiger partial charge in [-0.2, -0.15) is 0 Å². The minimum Gasteiger partial charge on any atom is -0.456 e. The number of allylic oxidation sites excluding steroid dienone is 1. The first-order valence-electron chi connectivity index (χ1n) is 27.9. The number of hydrogen-bond acceptors (Lipinski definition) is 14. The molecule has 4 aliphatic rings. The largest absolute Gasteiger partial charge is 0.456 e. The highest BCUT2D eigenvalue weighted by atomic mass is 28.4. The van der Waals surface area contributed by atoms with Crippen LogP contribution in [0.2, 0.25) is 36.3 Å². The van der Waals surface area contributed by atoms with Gasteiger partial charge in [0.1, 0.15) is 23.9 Å². The number of ether oxygens (including phenoxy) is 5. The fraction of sp³-hybridized carbons (Fsp3) is 0.614. The predicted molar refractivity (Wildman–Crippen MR) is 283 cm³/mol. The van der Waals surface area contributed by atoms with Crippen molar-refractivity contribution in [3.63, 3.8) is 0 Å². The molecule has 3 fully saturated rings. The van der Waals surface area contributed by atoms with Crippen LogP contribution in [-0.2, 0) is 56.5 Å². The third-order valence-electron chi connectivity index (χ3n) is 17.8. The summed E-state index contributed by atoms with van der Waals surface area (Å²) in [6, 6.07) is 19.4. The van der Waals surface area contributed by atoms with E-state index < -0.39 is 136 Å². The molecule has 2 bridgehead atoms. The van der Waals surface area contributed by atoms with E-state index in [4.69, 9.17) is 36.6 Å². The van der Waals surface area contributed by atoms with Crippen molar-refractivity contribution in [3.8, 4) is 0 Å². The number of carbonyl (C=O) groups excluding carboxylic acids is 6. The summed E-state index contributed by atoms with van der Waals surface area (Å²) in [4.78, 5) is 88.8. The highest BCUT2D eigenvalue weighted by molar-refractivity contribution is 6.74. The molecule has 3 aliphatic carbocycles. The number of ketones is 1. The lowest BCUT2D eigenvalue weighted by atomic mass is 9.44. The first kappa shape index (κ1) is 54.0. The molecule has 74 heavy (non-hydrogen) atoms. The molecule has 1 saturated heterocycles. The van der Waals surface area contributed by atoms with Gasteiger partial charge in [0.25, 0.3) is 0 Å². The van der Waals surface area contributed by atoms with Gasteiger partial charge >= 0.3 is 23.9 Å². The number of benzene rings is 2. The summed E-state index contributed by atoms with van der Waals surface area (Å²) >= 11 is 0. The minimum absolute atomic E-state index is 0.0215. The van der Waals surface area contributed by atoms with Gasteiger partial charge in [-0.3, -0.25) is 19.2 Å². The van der Waals surface area contributed by atoms with Crippen LogP contribution in [0, 0.1) is 16.7 Å². The smallest absolute Gasteiger partial charge is 0.338 e. The average Bonchev–Trinajstić information content (AvgIpc) is 3.43. The van der Waals surface area contributed by atoms with E-state index in [-0.39, 0.29) is 29.7 Å². The van der Waals surface area contributed by atoms with Crippen LogP contribution in [-0.4, -0.2) is 112 Å². The molecule has 2 N–H and O–H groups in total. The average molecular weight is 1060 g/mol. The molecule has 0 unspecified atom stereocenters. The highest BCUT2D eigenvalue weighted by Crippen LogP contribution is 2.65. The molecule has 2 saturated carbocycles. The Morgan fingerprint density at radius 2 is 1.43 bits per heavy atom. The van der Waals surface area contributed by atoms with Gasteiger partial charge in [-0.05, 0) is 92.8 Å². The van der Waals surface area contributed by atoms with Gasteiger partial charge in [-0.25, -0.2) is 9.59 Å². The maximum Gasteiger partial charge on any atom is 0.338 e.